The molecular formula is C83H68N6. The van der Waals surface area contributed by atoms with Crippen LogP contribution >= 0.6 is 0 Å². The Labute approximate surface area is 523 Å². The summed E-state index contributed by atoms with van der Waals surface area (Å²) in [6.45, 7) is 0. The first-order chi connectivity index (χ1) is 44.1. The van der Waals surface area contributed by atoms with Crippen LogP contribution < -0.4 is 19.8 Å². The van der Waals surface area contributed by atoms with Gasteiger partial charge in [-0.1, -0.05) is 237 Å². The van der Waals surface area contributed by atoms with Crippen molar-refractivity contribution in [1.29, 1.82) is 0 Å². The van der Waals surface area contributed by atoms with Gasteiger partial charge in [-0.15, -0.1) is 0 Å². The summed E-state index contributed by atoms with van der Waals surface area (Å²) < 4.78 is 0. The standard InChI is InChI=1S/C83H68N6/c1-8-27-69(28-9-1)81(70-29-10-2-11-30-70)62-86(74-54-48-65(49-55-74)60-84-88(76-36-14-4-15-37-76)77-38-16-5-17-39-77)73-52-46-64(47-53-73)58-67-26-24-35-72(59-67)82(71-31-12-3-13-32-71)63-87(83-45-25-34-68-33-22-23-44-80(68)83)75-56-50-66(51-57-75)61-85-89(78-40-18-6-19-41-78)79-42-20-7-21-43-79/h1-21,24-32,34-43,45-57,59-63H,22-23,33,44,58H2/b82-63+,84-60+,85-61+. The Kier molecular flexibility index (Phi) is 17.7. The van der Waals surface area contributed by atoms with E-state index >= 15 is 0 Å². The third-order valence-corrected chi connectivity index (χ3v) is 16.3. The molecule has 0 saturated heterocycles. The SMILES string of the molecule is C(=C(c1ccccc1)c1ccccc1)N(c1ccc(/C=N/N(c2ccccc2)c2ccccc2)cc1)c1ccc(Cc2cccc(/C(=C/N(c3ccc(/C=N/N(c4ccccc4)c4ccccc4)cc3)c3cccc4c3CCCC4)c3ccccc3)c2)cc1. The van der Waals surface area contributed by atoms with E-state index in [-0.39, 0.29) is 0 Å². The lowest BCUT2D eigenvalue weighted by Crippen LogP contribution is -2.15. The molecule has 6 heteroatoms. The number of benzene rings is 12. The second-order valence-electron chi connectivity index (χ2n) is 22.2. The van der Waals surface area contributed by atoms with Crippen LogP contribution in [0.3, 0.4) is 0 Å². The molecule has 1 aliphatic carbocycles. The summed E-state index contributed by atoms with van der Waals surface area (Å²) in [6.07, 6.45) is 13.8. The van der Waals surface area contributed by atoms with Gasteiger partial charge in [0.25, 0.3) is 0 Å². The Hall–Kier alpha value is -11.3. The van der Waals surface area contributed by atoms with Crippen molar-refractivity contribution in [3.8, 4) is 0 Å². The summed E-state index contributed by atoms with van der Waals surface area (Å²) in [5.41, 5.74) is 22.5. The fourth-order valence-electron chi connectivity index (χ4n) is 11.7. The number of fused-ring (bicyclic) bond motifs is 1. The van der Waals surface area contributed by atoms with Crippen LogP contribution in [-0.4, -0.2) is 12.4 Å². The van der Waals surface area contributed by atoms with Crippen LogP contribution in [0, 0.1) is 0 Å². The Bertz CT molecular complexity index is 4220. The van der Waals surface area contributed by atoms with Crippen LogP contribution in [0.25, 0.3) is 11.1 Å². The first-order valence-corrected chi connectivity index (χ1v) is 30.7. The summed E-state index contributed by atoms with van der Waals surface area (Å²) in [5.74, 6) is 0. The molecule has 0 saturated carbocycles. The van der Waals surface area contributed by atoms with E-state index in [1.807, 2.05) is 95.2 Å². The van der Waals surface area contributed by atoms with E-state index in [0.29, 0.717) is 0 Å². The topological polar surface area (TPSA) is 37.7 Å². The van der Waals surface area contributed by atoms with Crippen molar-refractivity contribution in [3.05, 3.63) is 396 Å². The summed E-state index contributed by atoms with van der Waals surface area (Å²) in [4.78, 5) is 4.73. The monoisotopic (exact) mass is 1150 g/mol. The maximum Gasteiger partial charge on any atom is 0.0652 e. The molecule has 12 aromatic carbocycles. The van der Waals surface area contributed by atoms with E-state index in [1.165, 1.54) is 40.8 Å². The highest BCUT2D eigenvalue weighted by atomic mass is 15.5. The normalized spacial score (nSPS) is 12.1. The summed E-state index contributed by atoms with van der Waals surface area (Å²) in [6, 6.07) is 116. The molecule has 0 fully saturated rings. The first kappa shape index (κ1) is 56.8. The Morgan fingerprint density at radius 2 is 0.674 bits per heavy atom. The van der Waals surface area contributed by atoms with Gasteiger partial charge in [0.1, 0.15) is 0 Å². The van der Waals surface area contributed by atoms with Crippen molar-refractivity contribution in [2.24, 2.45) is 10.2 Å². The molecule has 0 aromatic heterocycles. The molecular weight excluding hydrogens is 1080 g/mol. The van der Waals surface area contributed by atoms with E-state index in [4.69, 9.17) is 10.2 Å². The third kappa shape index (κ3) is 13.8. The molecule has 0 aliphatic heterocycles. The van der Waals surface area contributed by atoms with E-state index < -0.39 is 0 Å². The van der Waals surface area contributed by atoms with Gasteiger partial charge in [0.2, 0.25) is 0 Å². The molecule has 0 radical (unpaired) electrons. The second kappa shape index (κ2) is 27.8. The van der Waals surface area contributed by atoms with Crippen LogP contribution in [0.2, 0.25) is 0 Å². The highest BCUT2D eigenvalue weighted by molar-refractivity contribution is 5.88. The van der Waals surface area contributed by atoms with Crippen LogP contribution in [0.4, 0.5) is 45.5 Å². The summed E-state index contributed by atoms with van der Waals surface area (Å²) in [5, 5.41) is 14.0. The van der Waals surface area contributed by atoms with Gasteiger partial charge < -0.3 is 9.80 Å². The van der Waals surface area contributed by atoms with Crippen LogP contribution in [0.5, 0.6) is 0 Å². The zero-order valence-corrected chi connectivity index (χ0v) is 49.7. The first-order valence-electron chi connectivity index (χ1n) is 30.7. The predicted molar refractivity (Wildman–Crippen MR) is 375 cm³/mol. The molecule has 430 valence electrons. The lowest BCUT2D eigenvalue weighted by molar-refractivity contribution is 0.685. The van der Waals surface area contributed by atoms with Gasteiger partial charge in [-0.25, -0.2) is 10.0 Å². The molecule has 13 rings (SSSR count). The Morgan fingerprint density at radius 1 is 0.303 bits per heavy atom. The van der Waals surface area contributed by atoms with Crippen LogP contribution in [-0.2, 0) is 19.3 Å². The van der Waals surface area contributed by atoms with Gasteiger partial charge in [-0.05, 0) is 179 Å². The van der Waals surface area contributed by atoms with E-state index in [2.05, 4.69) is 277 Å². The molecule has 0 bridgehead atoms. The summed E-state index contributed by atoms with van der Waals surface area (Å²) in [7, 11) is 0. The van der Waals surface area contributed by atoms with E-state index in [1.54, 1.807) is 0 Å². The smallest absolute Gasteiger partial charge is 0.0652 e. The van der Waals surface area contributed by atoms with Crippen molar-refractivity contribution in [3.63, 3.8) is 0 Å². The number of aryl methyl sites for hydroxylation is 1. The molecule has 0 amide bonds. The maximum absolute atomic E-state index is 5.05. The molecule has 6 nitrogen and oxygen atoms in total. The van der Waals surface area contributed by atoms with Crippen molar-refractivity contribution in [1.82, 2.24) is 0 Å². The highest BCUT2D eigenvalue weighted by Crippen LogP contribution is 2.39. The van der Waals surface area contributed by atoms with Gasteiger partial charge in [0, 0.05) is 46.3 Å². The van der Waals surface area contributed by atoms with Gasteiger partial charge in [-0.3, -0.25) is 0 Å². The van der Waals surface area contributed by atoms with Crippen LogP contribution in [0.15, 0.2) is 350 Å². The van der Waals surface area contributed by atoms with Gasteiger partial charge in [0.05, 0.1) is 35.2 Å². The predicted octanol–water partition coefficient (Wildman–Crippen LogP) is 21.0. The zero-order chi connectivity index (χ0) is 59.8. The largest absolute Gasteiger partial charge is 0.317 e. The van der Waals surface area contributed by atoms with Crippen molar-refractivity contribution in [2.75, 3.05) is 19.8 Å². The number of hydrogen-bond acceptors (Lipinski definition) is 6. The number of hydrazone groups is 2. The van der Waals surface area contributed by atoms with Gasteiger partial charge in [-0.2, -0.15) is 10.2 Å². The number of anilines is 8. The quantitative estimate of drug-likeness (QED) is 0.0563. The van der Waals surface area contributed by atoms with Crippen molar-refractivity contribution >= 4 is 69.1 Å². The molecule has 0 heterocycles. The molecule has 0 spiro atoms. The van der Waals surface area contributed by atoms with Crippen molar-refractivity contribution < 1.29 is 0 Å². The minimum Gasteiger partial charge on any atom is -0.317 e. The molecule has 89 heavy (non-hydrogen) atoms. The zero-order valence-electron chi connectivity index (χ0n) is 49.7. The number of hydrogen-bond donors (Lipinski definition) is 0. The molecule has 0 atom stereocenters. The number of rotatable bonds is 20. The number of para-hydroxylation sites is 4. The minimum atomic E-state index is 0.757. The van der Waals surface area contributed by atoms with E-state index in [9.17, 15) is 0 Å². The average molecular weight is 1150 g/mol. The van der Waals surface area contributed by atoms with Crippen LogP contribution in [0.1, 0.15) is 68.5 Å². The molecule has 1 aliphatic rings. The van der Waals surface area contributed by atoms with Crippen molar-refractivity contribution in [2.45, 2.75) is 32.1 Å². The molecule has 0 N–H and O–H groups in total. The maximum atomic E-state index is 5.05. The number of nitrogens with zero attached hydrogens (tertiary/aromatic N) is 6. The molecule has 0 unspecified atom stereocenters. The van der Waals surface area contributed by atoms with Gasteiger partial charge >= 0.3 is 0 Å². The lowest BCUT2D eigenvalue weighted by Gasteiger charge is -2.29. The Balaban J connectivity index is 0.825. The second-order valence-corrected chi connectivity index (χ2v) is 22.2. The highest BCUT2D eigenvalue weighted by Gasteiger charge is 2.21. The fourth-order valence-corrected chi connectivity index (χ4v) is 11.7. The minimum absolute atomic E-state index is 0.757. The van der Waals surface area contributed by atoms with Gasteiger partial charge in [0.15, 0.2) is 0 Å². The Morgan fingerprint density at radius 3 is 1.13 bits per heavy atom. The average Bonchev–Trinajstić information content (AvgIpc) is 2.37. The fraction of sp³-hybridized carbons (Fsp3) is 0.0602. The third-order valence-electron chi connectivity index (χ3n) is 16.3. The lowest BCUT2D eigenvalue weighted by atomic mass is 9.89. The molecule has 12 aromatic rings. The van der Waals surface area contributed by atoms with E-state index in [0.717, 1.165) is 104 Å². The summed E-state index contributed by atoms with van der Waals surface area (Å²) >= 11 is 0.